The van der Waals surface area contributed by atoms with Gasteiger partial charge >= 0.3 is 0 Å². The molecule has 14 heavy (non-hydrogen) atoms. The highest BCUT2D eigenvalue weighted by Crippen LogP contribution is 2.17. The quantitative estimate of drug-likeness (QED) is 0.736. The van der Waals surface area contributed by atoms with E-state index in [1.54, 1.807) is 19.4 Å². The molecule has 0 saturated carbocycles. The molecule has 0 radical (unpaired) electrons. The van der Waals surface area contributed by atoms with Crippen LogP contribution in [-0.2, 0) is 0 Å². The van der Waals surface area contributed by atoms with Crippen LogP contribution in [0.25, 0.3) is 5.69 Å². The molecule has 0 unspecified atom stereocenters. The summed E-state index contributed by atoms with van der Waals surface area (Å²) in [7, 11) is 1.55. The number of nitrogens with two attached hydrogens (primary N) is 1. The lowest BCUT2D eigenvalue weighted by molar-refractivity contribution is 0.395. The Morgan fingerprint density at radius 1 is 1.43 bits per heavy atom. The smallest absolute Gasteiger partial charge is 0.239 e. The van der Waals surface area contributed by atoms with E-state index >= 15 is 0 Å². The maximum atomic E-state index is 5.40. The van der Waals surface area contributed by atoms with Crippen LogP contribution in [0, 0.1) is 0 Å². The Bertz CT molecular complexity index is 439. The summed E-state index contributed by atoms with van der Waals surface area (Å²) >= 11 is 0. The highest BCUT2D eigenvalue weighted by atomic mass is 16.5. The summed E-state index contributed by atoms with van der Waals surface area (Å²) in [5.41, 5.74) is 6.11. The molecule has 0 aliphatic heterocycles. The number of anilines is 1. The van der Waals surface area contributed by atoms with E-state index in [1.165, 1.54) is 11.0 Å². The maximum Gasteiger partial charge on any atom is 0.239 e. The fourth-order valence-corrected chi connectivity index (χ4v) is 1.11. The van der Waals surface area contributed by atoms with Gasteiger partial charge in [-0.25, -0.2) is 14.6 Å². The molecule has 2 aromatic rings. The summed E-state index contributed by atoms with van der Waals surface area (Å²) < 4.78 is 6.58. The van der Waals surface area contributed by atoms with Crippen LogP contribution in [0.5, 0.6) is 5.88 Å². The maximum absolute atomic E-state index is 5.40. The van der Waals surface area contributed by atoms with Gasteiger partial charge in [0.1, 0.15) is 12.0 Å². The van der Waals surface area contributed by atoms with E-state index in [9.17, 15) is 0 Å². The van der Waals surface area contributed by atoms with Gasteiger partial charge in [0.25, 0.3) is 0 Å². The van der Waals surface area contributed by atoms with Crippen molar-refractivity contribution in [2.75, 3.05) is 12.8 Å². The fraction of sp³-hybridized carbons (Fsp3) is 0.125. The van der Waals surface area contributed by atoms with E-state index < -0.39 is 0 Å². The van der Waals surface area contributed by atoms with Crippen molar-refractivity contribution in [3.8, 4) is 11.6 Å². The van der Waals surface area contributed by atoms with Gasteiger partial charge in [0.05, 0.1) is 7.11 Å². The zero-order chi connectivity index (χ0) is 9.97. The van der Waals surface area contributed by atoms with Crippen molar-refractivity contribution in [2.45, 2.75) is 0 Å². The third kappa shape index (κ3) is 1.37. The van der Waals surface area contributed by atoms with Gasteiger partial charge in [0, 0.05) is 6.20 Å². The van der Waals surface area contributed by atoms with Gasteiger partial charge in [-0.1, -0.05) is 0 Å². The number of pyridine rings is 1. The molecule has 2 rings (SSSR count). The molecule has 6 heteroatoms. The summed E-state index contributed by atoms with van der Waals surface area (Å²) in [6.45, 7) is 0. The minimum Gasteiger partial charge on any atom is -0.479 e. The van der Waals surface area contributed by atoms with Gasteiger partial charge in [0.2, 0.25) is 11.8 Å². The van der Waals surface area contributed by atoms with E-state index in [4.69, 9.17) is 10.5 Å². The number of ether oxygens (including phenoxy) is 1. The molecular formula is C8H9N5O. The van der Waals surface area contributed by atoms with Crippen molar-refractivity contribution in [3.63, 3.8) is 0 Å². The third-order valence-electron chi connectivity index (χ3n) is 1.70. The summed E-state index contributed by atoms with van der Waals surface area (Å²) in [5, 5.41) is 3.95. The predicted molar refractivity (Wildman–Crippen MR) is 50.1 cm³/mol. The molecule has 2 N–H and O–H groups in total. The van der Waals surface area contributed by atoms with Gasteiger partial charge in [-0.15, -0.1) is 5.10 Å². The van der Waals surface area contributed by atoms with E-state index in [2.05, 4.69) is 15.1 Å². The second kappa shape index (κ2) is 3.33. The Balaban J connectivity index is 2.50. The Hall–Kier alpha value is -2.11. The van der Waals surface area contributed by atoms with Crippen molar-refractivity contribution in [1.29, 1.82) is 0 Å². The predicted octanol–water partition coefficient (Wildman–Crippen LogP) is 0.253. The average molecular weight is 191 g/mol. The third-order valence-corrected chi connectivity index (χ3v) is 1.70. The fourth-order valence-electron chi connectivity index (χ4n) is 1.11. The van der Waals surface area contributed by atoms with Crippen molar-refractivity contribution >= 4 is 5.95 Å². The number of hydrogen-bond acceptors (Lipinski definition) is 5. The molecular weight excluding hydrogens is 182 g/mol. The lowest BCUT2D eigenvalue weighted by atomic mass is 10.4. The standard InChI is InChI=1S/C8H9N5O/c1-14-7-6(3-2-4-10-7)13-5-11-8(9)12-13/h2-5H,1H3,(H2,9,12). The number of nitrogen functional groups attached to an aromatic ring is 1. The Labute approximate surface area is 80.4 Å². The van der Waals surface area contributed by atoms with Gasteiger partial charge in [-0.2, -0.15) is 0 Å². The molecule has 0 saturated heterocycles. The minimum atomic E-state index is 0.218. The number of aromatic nitrogens is 4. The first-order valence-corrected chi connectivity index (χ1v) is 3.98. The van der Waals surface area contributed by atoms with Crippen molar-refractivity contribution < 1.29 is 4.74 Å². The number of nitrogens with zero attached hydrogens (tertiary/aromatic N) is 4. The van der Waals surface area contributed by atoms with Crippen molar-refractivity contribution in [3.05, 3.63) is 24.7 Å². The normalized spacial score (nSPS) is 10.1. The van der Waals surface area contributed by atoms with E-state index in [1.807, 2.05) is 6.07 Å². The first-order chi connectivity index (χ1) is 6.81. The second-order valence-electron chi connectivity index (χ2n) is 2.58. The molecule has 72 valence electrons. The molecule has 0 spiro atoms. The van der Waals surface area contributed by atoms with Gasteiger partial charge < -0.3 is 10.5 Å². The van der Waals surface area contributed by atoms with Crippen molar-refractivity contribution in [1.82, 2.24) is 19.7 Å². The topological polar surface area (TPSA) is 78.8 Å². The van der Waals surface area contributed by atoms with Gasteiger partial charge in [0.15, 0.2) is 0 Å². The average Bonchev–Trinajstić information content (AvgIpc) is 2.65. The van der Waals surface area contributed by atoms with Crippen LogP contribution >= 0.6 is 0 Å². The van der Waals surface area contributed by atoms with E-state index in [0.717, 1.165) is 0 Å². The van der Waals surface area contributed by atoms with Crippen LogP contribution in [0.4, 0.5) is 5.95 Å². The summed E-state index contributed by atoms with van der Waals surface area (Å²) in [5.74, 6) is 0.702. The monoisotopic (exact) mass is 191 g/mol. The first-order valence-electron chi connectivity index (χ1n) is 3.98. The lowest BCUT2D eigenvalue weighted by Crippen LogP contribution is -2.00. The Morgan fingerprint density at radius 2 is 2.29 bits per heavy atom. The molecule has 2 heterocycles. The highest BCUT2D eigenvalue weighted by molar-refractivity contribution is 5.40. The molecule has 0 fully saturated rings. The molecule has 0 atom stereocenters. The van der Waals surface area contributed by atoms with Crippen LogP contribution in [0.15, 0.2) is 24.7 Å². The summed E-state index contributed by atoms with van der Waals surface area (Å²) in [6.07, 6.45) is 3.15. The van der Waals surface area contributed by atoms with Crippen LogP contribution < -0.4 is 10.5 Å². The van der Waals surface area contributed by atoms with Gasteiger partial charge in [-0.3, -0.25) is 0 Å². The highest BCUT2D eigenvalue weighted by Gasteiger charge is 2.06. The van der Waals surface area contributed by atoms with Gasteiger partial charge in [-0.05, 0) is 12.1 Å². The molecule has 0 aromatic carbocycles. The number of rotatable bonds is 2. The summed E-state index contributed by atoms with van der Waals surface area (Å²) in [6, 6.07) is 3.61. The van der Waals surface area contributed by atoms with Crippen LogP contribution in [-0.4, -0.2) is 26.9 Å². The zero-order valence-electron chi connectivity index (χ0n) is 7.58. The molecule has 2 aromatic heterocycles. The molecule has 6 nitrogen and oxygen atoms in total. The molecule has 0 bridgehead atoms. The summed E-state index contributed by atoms with van der Waals surface area (Å²) in [4.78, 5) is 7.85. The van der Waals surface area contributed by atoms with E-state index in [-0.39, 0.29) is 5.95 Å². The largest absolute Gasteiger partial charge is 0.479 e. The Morgan fingerprint density at radius 3 is 2.93 bits per heavy atom. The van der Waals surface area contributed by atoms with Crippen molar-refractivity contribution in [2.24, 2.45) is 0 Å². The molecule has 0 aliphatic rings. The first kappa shape index (κ1) is 8.49. The van der Waals surface area contributed by atoms with E-state index in [0.29, 0.717) is 11.6 Å². The molecule has 0 aliphatic carbocycles. The SMILES string of the molecule is COc1ncccc1-n1cnc(N)n1. The lowest BCUT2D eigenvalue weighted by Gasteiger charge is -2.04. The number of hydrogen-bond donors (Lipinski definition) is 1. The van der Waals surface area contributed by atoms with Crippen LogP contribution in [0.1, 0.15) is 0 Å². The minimum absolute atomic E-state index is 0.218. The zero-order valence-corrected chi connectivity index (χ0v) is 7.58. The molecule has 0 amide bonds. The Kier molecular flexibility index (Phi) is 2.02. The second-order valence-corrected chi connectivity index (χ2v) is 2.58. The van der Waals surface area contributed by atoms with Crippen LogP contribution in [0.2, 0.25) is 0 Å². The van der Waals surface area contributed by atoms with Crippen LogP contribution in [0.3, 0.4) is 0 Å². The number of methoxy groups -OCH3 is 1.